The molecule has 0 radical (unpaired) electrons. The molecule has 0 spiro atoms. The van der Waals surface area contributed by atoms with Crippen LogP contribution in [0.3, 0.4) is 0 Å². The third kappa shape index (κ3) is 2.61. The summed E-state index contributed by atoms with van der Waals surface area (Å²) in [4.78, 5) is 0. The highest BCUT2D eigenvalue weighted by Crippen LogP contribution is 2.28. The van der Waals surface area contributed by atoms with E-state index in [-0.39, 0.29) is 5.75 Å². The summed E-state index contributed by atoms with van der Waals surface area (Å²) < 4.78 is 0. The van der Waals surface area contributed by atoms with Crippen LogP contribution < -0.4 is 0 Å². The average molecular weight is 201 g/mol. The Balaban J connectivity index is 2.88. The molecule has 2 nitrogen and oxygen atoms in total. The third-order valence-electron chi connectivity index (χ3n) is 1.91. The van der Waals surface area contributed by atoms with Gasteiger partial charge >= 0.3 is 0 Å². The molecule has 0 fully saturated rings. The first-order chi connectivity index (χ1) is 6.15. The van der Waals surface area contributed by atoms with E-state index in [9.17, 15) is 5.11 Å². The topological polar surface area (TPSA) is 40.5 Å². The molecule has 1 aromatic rings. The van der Waals surface area contributed by atoms with Crippen molar-refractivity contribution in [3.63, 3.8) is 0 Å². The number of aliphatic hydroxyl groups excluding tert-OH is 1. The van der Waals surface area contributed by atoms with Gasteiger partial charge in [-0.25, -0.2) is 0 Å². The maximum absolute atomic E-state index is 9.63. The number of aromatic hydroxyl groups is 1. The molecule has 0 saturated heterocycles. The second-order valence-electron chi connectivity index (χ2n) is 3.01. The van der Waals surface area contributed by atoms with Gasteiger partial charge in [0.2, 0.25) is 0 Å². The van der Waals surface area contributed by atoms with Crippen LogP contribution in [0.2, 0.25) is 5.02 Å². The minimum Gasteiger partial charge on any atom is -0.508 e. The highest BCUT2D eigenvalue weighted by Gasteiger charge is 2.10. The fourth-order valence-corrected chi connectivity index (χ4v) is 1.52. The van der Waals surface area contributed by atoms with Crippen LogP contribution in [-0.2, 0) is 0 Å². The number of phenols is 1. The quantitative estimate of drug-likeness (QED) is 0.788. The summed E-state index contributed by atoms with van der Waals surface area (Å²) in [6.07, 6.45) is 1.06. The Bertz CT molecular complexity index is 286. The van der Waals surface area contributed by atoms with Gasteiger partial charge in [-0.15, -0.1) is 0 Å². The zero-order valence-corrected chi connectivity index (χ0v) is 8.25. The van der Waals surface area contributed by atoms with Crippen molar-refractivity contribution in [2.75, 3.05) is 0 Å². The van der Waals surface area contributed by atoms with E-state index in [2.05, 4.69) is 0 Å². The zero-order valence-electron chi connectivity index (χ0n) is 7.50. The number of halogens is 1. The van der Waals surface area contributed by atoms with E-state index in [0.717, 1.165) is 6.42 Å². The molecule has 0 saturated carbocycles. The number of phenolic OH excluding ortho intramolecular Hbond substituents is 1. The Morgan fingerprint density at radius 2 is 2.15 bits per heavy atom. The molecule has 0 aliphatic heterocycles. The predicted octanol–water partition coefficient (Wildman–Crippen LogP) is 2.88. The molecule has 72 valence electrons. The minimum atomic E-state index is -0.530. The Labute approximate surface area is 82.8 Å². The molecule has 13 heavy (non-hydrogen) atoms. The number of hydrogen-bond acceptors (Lipinski definition) is 2. The molecule has 0 heterocycles. The molecule has 1 rings (SSSR count). The Morgan fingerprint density at radius 1 is 1.46 bits per heavy atom. The summed E-state index contributed by atoms with van der Waals surface area (Å²) in [6, 6.07) is 4.62. The Morgan fingerprint density at radius 3 is 2.69 bits per heavy atom. The molecule has 0 aliphatic carbocycles. The lowest BCUT2D eigenvalue weighted by atomic mass is 10.1. The SMILES string of the molecule is CCCC(O)c1ccc(O)cc1Cl. The Hall–Kier alpha value is -0.730. The lowest BCUT2D eigenvalue weighted by Crippen LogP contribution is -1.97. The number of hydrogen-bond donors (Lipinski definition) is 2. The summed E-state index contributed by atoms with van der Waals surface area (Å²) in [6.45, 7) is 2.00. The highest BCUT2D eigenvalue weighted by atomic mass is 35.5. The van der Waals surface area contributed by atoms with Crippen LogP contribution in [0.1, 0.15) is 31.4 Å². The molecule has 0 bridgehead atoms. The summed E-state index contributed by atoms with van der Waals surface area (Å²) in [5.74, 6) is 0.123. The van der Waals surface area contributed by atoms with Gasteiger partial charge in [0.15, 0.2) is 0 Å². The second kappa shape index (κ2) is 4.49. The molecule has 3 heteroatoms. The van der Waals surface area contributed by atoms with Crippen molar-refractivity contribution >= 4 is 11.6 Å². The smallest absolute Gasteiger partial charge is 0.117 e. The van der Waals surface area contributed by atoms with Crippen LogP contribution in [0.15, 0.2) is 18.2 Å². The molecular formula is C10H13ClO2. The lowest BCUT2D eigenvalue weighted by molar-refractivity contribution is 0.166. The van der Waals surface area contributed by atoms with Crippen molar-refractivity contribution in [2.45, 2.75) is 25.9 Å². The molecule has 0 aliphatic rings. The van der Waals surface area contributed by atoms with Gasteiger partial charge in [-0.05, 0) is 24.1 Å². The van der Waals surface area contributed by atoms with Crippen LogP contribution in [0.4, 0.5) is 0 Å². The van der Waals surface area contributed by atoms with Crippen molar-refractivity contribution in [2.24, 2.45) is 0 Å². The average Bonchev–Trinajstić information content (AvgIpc) is 2.04. The van der Waals surface area contributed by atoms with Crippen LogP contribution in [0.5, 0.6) is 5.75 Å². The molecule has 1 aromatic carbocycles. The lowest BCUT2D eigenvalue weighted by Gasteiger charge is -2.11. The monoisotopic (exact) mass is 200 g/mol. The van der Waals surface area contributed by atoms with E-state index in [1.807, 2.05) is 6.92 Å². The van der Waals surface area contributed by atoms with Crippen molar-refractivity contribution in [3.05, 3.63) is 28.8 Å². The van der Waals surface area contributed by atoms with Crippen molar-refractivity contribution in [3.8, 4) is 5.75 Å². The summed E-state index contributed by atoms with van der Waals surface area (Å²) in [5.41, 5.74) is 0.682. The van der Waals surface area contributed by atoms with Crippen molar-refractivity contribution < 1.29 is 10.2 Å². The first-order valence-corrected chi connectivity index (χ1v) is 4.69. The third-order valence-corrected chi connectivity index (χ3v) is 2.23. The van der Waals surface area contributed by atoms with Gasteiger partial charge in [0.1, 0.15) is 5.75 Å². The zero-order chi connectivity index (χ0) is 9.84. The summed E-state index contributed by atoms with van der Waals surface area (Å²) in [7, 11) is 0. The van der Waals surface area contributed by atoms with Gasteiger partial charge in [-0.1, -0.05) is 31.0 Å². The number of rotatable bonds is 3. The van der Waals surface area contributed by atoms with Gasteiger partial charge in [-0.2, -0.15) is 0 Å². The van der Waals surface area contributed by atoms with Crippen LogP contribution >= 0.6 is 11.6 Å². The summed E-state index contributed by atoms with van der Waals surface area (Å²) in [5, 5.41) is 19.1. The maximum atomic E-state index is 9.63. The summed E-state index contributed by atoms with van der Waals surface area (Å²) >= 11 is 5.84. The number of benzene rings is 1. The number of aliphatic hydroxyl groups is 1. The molecule has 2 N–H and O–H groups in total. The van der Waals surface area contributed by atoms with Gasteiger partial charge in [0.25, 0.3) is 0 Å². The Kier molecular flexibility index (Phi) is 3.58. The van der Waals surface area contributed by atoms with Crippen molar-refractivity contribution in [1.29, 1.82) is 0 Å². The van der Waals surface area contributed by atoms with Gasteiger partial charge in [0, 0.05) is 0 Å². The minimum absolute atomic E-state index is 0.123. The molecule has 0 aromatic heterocycles. The van der Waals surface area contributed by atoms with E-state index >= 15 is 0 Å². The van der Waals surface area contributed by atoms with Gasteiger partial charge in [-0.3, -0.25) is 0 Å². The second-order valence-corrected chi connectivity index (χ2v) is 3.42. The normalized spacial score (nSPS) is 12.8. The first-order valence-electron chi connectivity index (χ1n) is 4.31. The van der Waals surface area contributed by atoms with E-state index in [1.165, 1.54) is 12.1 Å². The van der Waals surface area contributed by atoms with Crippen LogP contribution in [0, 0.1) is 0 Å². The molecule has 1 atom stereocenters. The van der Waals surface area contributed by atoms with Gasteiger partial charge in [0.05, 0.1) is 11.1 Å². The van der Waals surface area contributed by atoms with Crippen molar-refractivity contribution in [1.82, 2.24) is 0 Å². The maximum Gasteiger partial charge on any atom is 0.117 e. The van der Waals surface area contributed by atoms with Gasteiger partial charge < -0.3 is 10.2 Å². The predicted molar refractivity (Wildman–Crippen MR) is 53.0 cm³/mol. The van der Waals surface area contributed by atoms with Crippen LogP contribution in [-0.4, -0.2) is 10.2 Å². The highest BCUT2D eigenvalue weighted by molar-refractivity contribution is 6.31. The first kappa shape index (κ1) is 10.4. The fourth-order valence-electron chi connectivity index (χ4n) is 1.22. The largest absolute Gasteiger partial charge is 0.508 e. The van der Waals surface area contributed by atoms with E-state index in [0.29, 0.717) is 17.0 Å². The van der Waals surface area contributed by atoms with E-state index in [4.69, 9.17) is 16.7 Å². The standard InChI is InChI=1S/C10H13ClO2/c1-2-3-10(13)8-5-4-7(12)6-9(8)11/h4-6,10,12-13H,2-3H2,1H3. The van der Waals surface area contributed by atoms with Crippen LogP contribution in [0.25, 0.3) is 0 Å². The fraction of sp³-hybridized carbons (Fsp3) is 0.400. The molecule has 1 unspecified atom stereocenters. The van der Waals surface area contributed by atoms with E-state index < -0.39 is 6.10 Å². The molecular weight excluding hydrogens is 188 g/mol. The molecule has 0 amide bonds. The van der Waals surface area contributed by atoms with E-state index in [1.54, 1.807) is 6.07 Å².